The number of esters is 1. The molecule has 0 fully saturated rings. The molecule has 0 aliphatic carbocycles. The highest BCUT2D eigenvalue weighted by molar-refractivity contribution is 5.83. The molecule has 146 valence electrons. The van der Waals surface area contributed by atoms with Crippen LogP contribution in [-0.2, 0) is 20.7 Å². The molecule has 0 saturated heterocycles. The summed E-state index contributed by atoms with van der Waals surface area (Å²) in [5.41, 5.74) is 1.84. The molecule has 1 aromatic heterocycles. The van der Waals surface area contributed by atoms with Gasteiger partial charge in [0, 0.05) is 12.7 Å². The number of methoxy groups -OCH3 is 1. The predicted molar refractivity (Wildman–Crippen MR) is 106 cm³/mol. The Labute approximate surface area is 162 Å². The van der Waals surface area contributed by atoms with Crippen LogP contribution in [0.2, 0.25) is 0 Å². The third-order valence-electron chi connectivity index (χ3n) is 4.24. The predicted octanol–water partition coefficient (Wildman–Crippen LogP) is 3.59. The Kier molecular flexibility index (Phi) is 6.45. The van der Waals surface area contributed by atoms with Crippen molar-refractivity contribution in [2.45, 2.75) is 13.3 Å². The molecular weight excluding hydrogens is 360 g/mol. The molecule has 0 unspecified atom stereocenters. The van der Waals surface area contributed by atoms with Crippen LogP contribution in [0.1, 0.15) is 12.5 Å². The summed E-state index contributed by atoms with van der Waals surface area (Å²) in [7, 11) is 1.52. The number of hydrogen-bond donors (Lipinski definition) is 0. The lowest BCUT2D eigenvalue weighted by atomic mass is 10.1. The van der Waals surface area contributed by atoms with Gasteiger partial charge in [0.15, 0.2) is 12.4 Å². The number of hydrogen-bond acceptors (Lipinski definition) is 6. The highest BCUT2D eigenvalue weighted by Gasteiger charge is 2.19. The molecule has 6 nitrogen and oxygen atoms in total. The fourth-order valence-electron chi connectivity index (χ4n) is 2.77. The van der Waals surface area contributed by atoms with Crippen molar-refractivity contribution in [2.24, 2.45) is 0 Å². The van der Waals surface area contributed by atoms with Crippen LogP contribution in [-0.4, -0.2) is 32.9 Å². The van der Waals surface area contributed by atoms with E-state index in [2.05, 4.69) is 0 Å². The molecule has 0 aliphatic heterocycles. The highest BCUT2D eigenvalue weighted by Crippen LogP contribution is 2.31. The van der Waals surface area contributed by atoms with Crippen LogP contribution in [0.15, 0.2) is 57.7 Å². The zero-order chi connectivity index (χ0) is 19.9. The smallest absolute Gasteiger partial charge is 0.344 e. The van der Waals surface area contributed by atoms with E-state index in [-0.39, 0.29) is 23.5 Å². The van der Waals surface area contributed by atoms with Gasteiger partial charge in [0.05, 0.1) is 12.0 Å². The van der Waals surface area contributed by atoms with Crippen LogP contribution in [0, 0.1) is 0 Å². The first-order valence-corrected chi connectivity index (χ1v) is 9.06. The number of benzene rings is 2. The van der Waals surface area contributed by atoms with E-state index in [4.69, 9.17) is 18.6 Å². The molecule has 1 heterocycles. The third kappa shape index (κ3) is 4.40. The Morgan fingerprint density at radius 2 is 1.86 bits per heavy atom. The summed E-state index contributed by atoms with van der Waals surface area (Å²) in [5, 5.41) is 0.418. The van der Waals surface area contributed by atoms with Gasteiger partial charge in [-0.25, -0.2) is 4.79 Å². The Morgan fingerprint density at radius 1 is 1.07 bits per heavy atom. The number of rotatable bonds is 8. The summed E-state index contributed by atoms with van der Waals surface area (Å²) in [6.07, 6.45) is 0.790. The minimum absolute atomic E-state index is 0.00403. The fraction of sp³-hybridized carbons (Fsp3) is 0.273. The maximum Gasteiger partial charge on any atom is 0.344 e. The Hall–Kier alpha value is -3.12. The van der Waals surface area contributed by atoms with Gasteiger partial charge in [-0.15, -0.1) is 0 Å². The molecule has 6 heteroatoms. The Morgan fingerprint density at radius 3 is 2.57 bits per heavy atom. The van der Waals surface area contributed by atoms with Gasteiger partial charge < -0.3 is 18.6 Å². The summed E-state index contributed by atoms with van der Waals surface area (Å²) >= 11 is 0. The van der Waals surface area contributed by atoms with Crippen molar-refractivity contribution in [1.82, 2.24) is 0 Å². The number of fused-ring (bicyclic) bond motifs is 1. The average Bonchev–Trinajstić information content (AvgIpc) is 2.73. The summed E-state index contributed by atoms with van der Waals surface area (Å²) in [6, 6.07) is 14.7. The first kappa shape index (κ1) is 19.6. The second kappa shape index (κ2) is 9.19. The van der Waals surface area contributed by atoms with Crippen LogP contribution in [0.5, 0.6) is 5.75 Å². The van der Waals surface area contributed by atoms with Crippen molar-refractivity contribution >= 4 is 16.9 Å². The molecule has 0 bridgehead atoms. The number of ether oxygens (including phenoxy) is 3. The molecule has 0 saturated carbocycles. The van der Waals surface area contributed by atoms with Crippen LogP contribution in [0.4, 0.5) is 0 Å². The van der Waals surface area contributed by atoms with Crippen molar-refractivity contribution in [2.75, 3.05) is 26.9 Å². The van der Waals surface area contributed by atoms with Gasteiger partial charge >= 0.3 is 5.97 Å². The lowest BCUT2D eigenvalue weighted by molar-refractivity contribution is -0.147. The van der Waals surface area contributed by atoms with Crippen molar-refractivity contribution < 1.29 is 23.4 Å². The van der Waals surface area contributed by atoms with Gasteiger partial charge in [0.25, 0.3) is 0 Å². The van der Waals surface area contributed by atoms with Gasteiger partial charge in [-0.05, 0) is 24.1 Å². The normalized spacial score (nSPS) is 10.8. The second-order valence-corrected chi connectivity index (χ2v) is 6.14. The van der Waals surface area contributed by atoms with Crippen LogP contribution in [0.25, 0.3) is 22.3 Å². The van der Waals surface area contributed by atoms with Crippen LogP contribution in [0.3, 0.4) is 0 Å². The van der Waals surface area contributed by atoms with E-state index in [0.29, 0.717) is 23.1 Å². The molecule has 0 atom stereocenters. The molecule has 28 heavy (non-hydrogen) atoms. The lowest BCUT2D eigenvalue weighted by Gasteiger charge is -2.12. The molecule has 3 rings (SSSR count). The van der Waals surface area contributed by atoms with E-state index < -0.39 is 12.6 Å². The zero-order valence-electron chi connectivity index (χ0n) is 15.9. The standard InChI is InChI=1S/C22H22O6/c1-3-15-9-10-18-17(13-15)20(24)22(27-14-19(23)26-12-11-25-2)21(28-18)16-7-5-4-6-8-16/h4-10,13H,3,11-12,14H2,1-2H3. The monoisotopic (exact) mass is 382 g/mol. The van der Waals surface area contributed by atoms with E-state index in [1.165, 1.54) is 7.11 Å². The van der Waals surface area contributed by atoms with Crippen molar-refractivity contribution in [3.63, 3.8) is 0 Å². The summed E-state index contributed by atoms with van der Waals surface area (Å²) < 4.78 is 21.4. The number of carbonyl (C=O) groups excluding carboxylic acids is 1. The molecule has 3 aromatic rings. The third-order valence-corrected chi connectivity index (χ3v) is 4.24. The maximum atomic E-state index is 13.1. The first-order chi connectivity index (χ1) is 13.6. The van der Waals surface area contributed by atoms with Crippen molar-refractivity contribution in [1.29, 1.82) is 0 Å². The summed E-state index contributed by atoms with van der Waals surface area (Å²) in [5.74, 6) is -0.305. The van der Waals surface area contributed by atoms with E-state index >= 15 is 0 Å². The molecule has 2 aromatic carbocycles. The SMILES string of the molecule is CCc1ccc2oc(-c3ccccc3)c(OCC(=O)OCCOC)c(=O)c2c1. The average molecular weight is 382 g/mol. The quantitative estimate of drug-likeness (QED) is 0.438. The fourth-order valence-corrected chi connectivity index (χ4v) is 2.77. The topological polar surface area (TPSA) is 75.0 Å². The van der Waals surface area contributed by atoms with Gasteiger partial charge in [0.1, 0.15) is 12.2 Å². The van der Waals surface area contributed by atoms with E-state index in [1.54, 1.807) is 12.1 Å². The Bertz CT molecular complexity index is 1010. The molecule has 0 spiro atoms. The largest absolute Gasteiger partial charge is 0.474 e. The number of carbonyl (C=O) groups is 1. The van der Waals surface area contributed by atoms with Gasteiger partial charge in [0.2, 0.25) is 11.2 Å². The summed E-state index contributed by atoms with van der Waals surface area (Å²) in [4.78, 5) is 25.0. The molecule has 0 radical (unpaired) electrons. The van der Waals surface area contributed by atoms with E-state index in [1.807, 2.05) is 43.3 Å². The highest BCUT2D eigenvalue weighted by atomic mass is 16.6. The van der Waals surface area contributed by atoms with Gasteiger partial charge in [-0.1, -0.05) is 43.3 Å². The van der Waals surface area contributed by atoms with Crippen molar-refractivity contribution in [3.05, 3.63) is 64.3 Å². The minimum Gasteiger partial charge on any atom is -0.474 e. The van der Waals surface area contributed by atoms with Crippen LogP contribution >= 0.6 is 0 Å². The summed E-state index contributed by atoms with van der Waals surface area (Å²) in [6.45, 7) is 2.02. The minimum atomic E-state index is -0.585. The Balaban J connectivity index is 2.00. The first-order valence-electron chi connectivity index (χ1n) is 9.06. The van der Waals surface area contributed by atoms with E-state index in [9.17, 15) is 9.59 Å². The van der Waals surface area contributed by atoms with Crippen molar-refractivity contribution in [3.8, 4) is 17.1 Å². The van der Waals surface area contributed by atoms with Gasteiger partial charge in [-0.3, -0.25) is 4.79 Å². The second-order valence-electron chi connectivity index (χ2n) is 6.14. The van der Waals surface area contributed by atoms with E-state index in [0.717, 1.165) is 12.0 Å². The van der Waals surface area contributed by atoms with Gasteiger partial charge in [-0.2, -0.15) is 0 Å². The number of aryl methyl sites for hydroxylation is 1. The zero-order valence-corrected chi connectivity index (χ0v) is 15.9. The molecule has 0 aliphatic rings. The van der Waals surface area contributed by atoms with Crippen LogP contribution < -0.4 is 10.2 Å². The lowest BCUT2D eigenvalue weighted by Crippen LogP contribution is -2.20. The molecule has 0 N–H and O–H groups in total. The molecular formula is C22H22O6. The maximum absolute atomic E-state index is 13.1. The molecule has 0 amide bonds.